The molecular formula is C37H47N3O4. The number of nitrogens with zero attached hydrogens (tertiary/aromatic N) is 2. The maximum absolute atomic E-state index is 12.5. The number of aromatic amines is 1. The molecule has 7 heteroatoms. The first kappa shape index (κ1) is 31.6. The van der Waals surface area contributed by atoms with Gasteiger partial charge in [-0.05, 0) is 67.7 Å². The summed E-state index contributed by atoms with van der Waals surface area (Å²) < 4.78 is 11.9. The monoisotopic (exact) mass is 597 g/mol. The first-order valence-corrected chi connectivity index (χ1v) is 16.3. The number of hydrogen-bond acceptors (Lipinski definition) is 5. The van der Waals surface area contributed by atoms with Crippen molar-refractivity contribution in [2.45, 2.75) is 83.8 Å². The lowest BCUT2D eigenvalue weighted by molar-refractivity contribution is -0.128. The van der Waals surface area contributed by atoms with E-state index in [1.54, 1.807) is 14.2 Å². The highest BCUT2D eigenvalue weighted by Gasteiger charge is 2.38. The van der Waals surface area contributed by atoms with Crippen LogP contribution in [-0.2, 0) is 4.79 Å². The zero-order chi connectivity index (χ0) is 31.1. The third-order valence-corrected chi connectivity index (χ3v) is 8.94. The minimum atomic E-state index is -0.912. The van der Waals surface area contributed by atoms with E-state index in [0.717, 1.165) is 39.9 Å². The van der Waals surface area contributed by atoms with E-state index in [4.69, 9.17) is 14.5 Å². The summed E-state index contributed by atoms with van der Waals surface area (Å²) >= 11 is 0. The van der Waals surface area contributed by atoms with Gasteiger partial charge < -0.3 is 24.5 Å². The number of benzene rings is 1. The number of hydrogen-bond donors (Lipinski definition) is 2. The Labute approximate surface area is 262 Å². The second-order valence-corrected chi connectivity index (χ2v) is 12.2. The number of rotatable bonds is 15. The molecule has 7 nitrogen and oxygen atoms in total. The number of allylic oxidation sites excluding steroid dienone is 4. The van der Waals surface area contributed by atoms with Gasteiger partial charge >= 0.3 is 0 Å². The molecule has 1 saturated heterocycles. The van der Waals surface area contributed by atoms with Gasteiger partial charge in [0, 0.05) is 41.4 Å². The molecule has 3 unspecified atom stereocenters. The lowest BCUT2D eigenvalue weighted by Crippen LogP contribution is -2.28. The summed E-state index contributed by atoms with van der Waals surface area (Å²) in [5, 5.41) is 10.7. The van der Waals surface area contributed by atoms with Crippen molar-refractivity contribution in [2.75, 3.05) is 20.8 Å². The van der Waals surface area contributed by atoms with E-state index < -0.39 is 6.23 Å². The predicted molar refractivity (Wildman–Crippen MR) is 177 cm³/mol. The molecule has 0 radical (unpaired) electrons. The number of amides is 1. The highest BCUT2D eigenvalue weighted by molar-refractivity contribution is 6.11. The van der Waals surface area contributed by atoms with Gasteiger partial charge in [-0.2, -0.15) is 0 Å². The number of carbonyl (C=O) groups excluding carboxylic acids is 1. The SMILES string of the molecule is CCCCCCC(CCCC)COc1cc(C2C=C3C(=CC2)C(=O)N(C)C3O)[nH]c1C=C1C=CC(c2ccc(OC)cc2)=N1. The number of aromatic nitrogens is 1. The van der Waals surface area contributed by atoms with Crippen LogP contribution in [0.2, 0.25) is 0 Å². The minimum Gasteiger partial charge on any atom is -0.497 e. The maximum atomic E-state index is 12.5. The number of nitrogens with one attached hydrogen (secondary N) is 1. The summed E-state index contributed by atoms with van der Waals surface area (Å²) in [7, 11) is 3.30. The van der Waals surface area contributed by atoms with Crippen LogP contribution in [0.4, 0.5) is 0 Å². The second-order valence-electron chi connectivity index (χ2n) is 12.2. The normalized spacial score (nSPS) is 20.9. The van der Waals surface area contributed by atoms with Crippen molar-refractivity contribution < 1.29 is 19.4 Å². The van der Waals surface area contributed by atoms with Gasteiger partial charge in [-0.15, -0.1) is 0 Å². The Hall–Kier alpha value is -3.84. The molecule has 2 aromatic rings. The zero-order valence-corrected chi connectivity index (χ0v) is 26.6. The van der Waals surface area contributed by atoms with Gasteiger partial charge in [0.25, 0.3) is 5.91 Å². The van der Waals surface area contributed by atoms with Crippen LogP contribution < -0.4 is 9.47 Å². The lowest BCUT2D eigenvalue weighted by Gasteiger charge is -2.18. The highest BCUT2D eigenvalue weighted by Crippen LogP contribution is 2.39. The fourth-order valence-electron chi connectivity index (χ4n) is 6.20. The number of H-pyrrole nitrogens is 1. The third-order valence-electron chi connectivity index (χ3n) is 8.94. The van der Waals surface area contributed by atoms with E-state index in [1.165, 1.54) is 56.3 Å². The summed E-state index contributed by atoms with van der Waals surface area (Å²) in [4.78, 5) is 22.4. The average molecular weight is 598 g/mol. The second kappa shape index (κ2) is 14.8. The smallest absolute Gasteiger partial charge is 0.256 e. The van der Waals surface area contributed by atoms with Crippen LogP contribution >= 0.6 is 0 Å². The van der Waals surface area contributed by atoms with Crippen molar-refractivity contribution in [1.82, 2.24) is 9.88 Å². The molecule has 234 valence electrons. The van der Waals surface area contributed by atoms with Gasteiger partial charge in [-0.3, -0.25) is 4.79 Å². The van der Waals surface area contributed by atoms with Crippen molar-refractivity contribution in [3.63, 3.8) is 0 Å². The van der Waals surface area contributed by atoms with Crippen LogP contribution in [0.15, 0.2) is 76.5 Å². The molecule has 2 N–H and O–H groups in total. The third kappa shape index (κ3) is 7.27. The van der Waals surface area contributed by atoms with Crippen LogP contribution in [0.1, 0.15) is 94.5 Å². The number of aliphatic hydroxyl groups excluding tert-OH is 1. The first-order chi connectivity index (χ1) is 21.4. The topological polar surface area (TPSA) is 87.2 Å². The molecule has 0 bridgehead atoms. The van der Waals surface area contributed by atoms with Crippen molar-refractivity contribution in [1.29, 1.82) is 0 Å². The fourth-order valence-corrected chi connectivity index (χ4v) is 6.20. The number of ether oxygens (including phenoxy) is 2. The van der Waals surface area contributed by atoms with Crippen molar-refractivity contribution in [3.05, 3.63) is 88.4 Å². The number of aliphatic imine (C=N–C) groups is 1. The Balaban J connectivity index is 1.40. The number of aliphatic hydroxyl groups is 1. The summed E-state index contributed by atoms with van der Waals surface area (Å²) in [6.07, 6.45) is 19.7. The minimum absolute atomic E-state index is 0.000358. The summed E-state index contributed by atoms with van der Waals surface area (Å²) in [5.74, 6) is 2.03. The largest absolute Gasteiger partial charge is 0.497 e. The van der Waals surface area contributed by atoms with Crippen LogP contribution in [0.3, 0.4) is 0 Å². The predicted octanol–water partition coefficient (Wildman–Crippen LogP) is 7.71. The molecule has 1 aliphatic carbocycles. The maximum Gasteiger partial charge on any atom is 0.256 e. The number of unbranched alkanes of at least 4 members (excludes halogenated alkanes) is 4. The summed E-state index contributed by atoms with van der Waals surface area (Å²) in [5.41, 5.74) is 5.95. The summed E-state index contributed by atoms with van der Waals surface area (Å²) in [6, 6.07) is 10.0. The molecule has 0 saturated carbocycles. The fraction of sp³-hybridized carbons (Fsp3) is 0.459. The number of likely N-dealkylation sites (N-methyl/N-ethyl adjacent to an activating group) is 1. The lowest BCUT2D eigenvalue weighted by atomic mass is 9.89. The molecule has 3 atom stereocenters. The van der Waals surface area contributed by atoms with Crippen LogP contribution in [0.5, 0.6) is 11.5 Å². The first-order valence-electron chi connectivity index (χ1n) is 16.3. The molecule has 0 spiro atoms. The quantitative estimate of drug-likeness (QED) is 0.206. The molecule has 1 fully saturated rings. The average Bonchev–Trinajstić information content (AvgIpc) is 3.74. The molecule has 44 heavy (non-hydrogen) atoms. The van der Waals surface area contributed by atoms with E-state index >= 15 is 0 Å². The van der Waals surface area contributed by atoms with Gasteiger partial charge in [0.05, 0.1) is 30.8 Å². The Kier molecular flexibility index (Phi) is 10.6. The van der Waals surface area contributed by atoms with E-state index in [0.29, 0.717) is 30.1 Å². The standard InChI is InChI=1S/C37H47N3O4/c1-5-7-9-10-12-25(11-8-6-2)24-44-35-23-33(27-15-19-30-31(21-27)37(42)40(3)36(30)41)39-34(35)22-28-16-20-32(38-28)26-13-17-29(43-4)18-14-26/h13-14,16-23,25,27,37,39,42H,5-12,15,24H2,1-4H3. The number of methoxy groups -OCH3 is 1. The molecular weight excluding hydrogens is 550 g/mol. The van der Waals surface area contributed by atoms with E-state index in [1.807, 2.05) is 54.6 Å². The van der Waals surface area contributed by atoms with Crippen molar-refractivity contribution in [3.8, 4) is 11.5 Å². The molecule has 5 rings (SSSR count). The molecule has 1 aromatic carbocycles. The number of likely N-dealkylation sites (tertiary alicyclic amines) is 1. The Morgan fingerprint density at radius 3 is 2.61 bits per heavy atom. The molecule has 3 heterocycles. The Morgan fingerprint density at radius 2 is 1.86 bits per heavy atom. The summed E-state index contributed by atoms with van der Waals surface area (Å²) in [6.45, 7) is 5.19. The van der Waals surface area contributed by atoms with Crippen LogP contribution in [-0.4, -0.2) is 53.6 Å². The van der Waals surface area contributed by atoms with Crippen LogP contribution in [0, 0.1) is 5.92 Å². The molecule has 1 amide bonds. The molecule has 3 aliphatic rings. The Morgan fingerprint density at radius 1 is 1.09 bits per heavy atom. The van der Waals surface area contributed by atoms with Gasteiger partial charge in [-0.1, -0.05) is 64.5 Å². The van der Waals surface area contributed by atoms with E-state index in [9.17, 15) is 9.90 Å². The van der Waals surface area contributed by atoms with Gasteiger partial charge in [0.1, 0.15) is 11.5 Å². The van der Waals surface area contributed by atoms with Gasteiger partial charge in [0.2, 0.25) is 0 Å². The highest BCUT2D eigenvalue weighted by atomic mass is 16.5. The molecule has 2 aliphatic heterocycles. The Bertz CT molecular complexity index is 1460. The van der Waals surface area contributed by atoms with Crippen LogP contribution in [0.25, 0.3) is 6.08 Å². The number of carbonyl (C=O) groups is 1. The van der Waals surface area contributed by atoms with E-state index in [-0.39, 0.29) is 11.8 Å². The zero-order valence-electron chi connectivity index (χ0n) is 26.6. The van der Waals surface area contributed by atoms with Crippen molar-refractivity contribution >= 4 is 17.7 Å². The van der Waals surface area contributed by atoms with Gasteiger partial charge in [-0.25, -0.2) is 4.99 Å². The van der Waals surface area contributed by atoms with Gasteiger partial charge in [0.15, 0.2) is 6.23 Å². The van der Waals surface area contributed by atoms with Crippen molar-refractivity contribution in [2.24, 2.45) is 10.9 Å². The molecule has 1 aromatic heterocycles. The van der Waals surface area contributed by atoms with E-state index in [2.05, 4.69) is 24.9 Å². The number of fused-ring (bicyclic) bond motifs is 1.